The van der Waals surface area contributed by atoms with E-state index in [1.165, 1.54) is 0 Å². The summed E-state index contributed by atoms with van der Waals surface area (Å²) in [6.45, 7) is 0. The van der Waals surface area contributed by atoms with E-state index in [-0.39, 0.29) is 1.43 Å². The van der Waals surface area contributed by atoms with Gasteiger partial charge >= 0.3 is 39.6 Å². The summed E-state index contributed by atoms with van der Waals surface area (Å²) >= 11 is -4.41. The van der Waals surface area contributed by atoms with Crippen molar-refractivity contribution < 1.29 is 39.6 Å². The van der Waals surface area contributed by atoms with E-state index in [9.17, 15) is 0 Å². The minimum absolute atomic E-state index is 0. The van der Waals surface area contributed by atoms with Crippen molar-refractivity contribution in [1.82, 2.24) is 0 Å². The van der Waals surface area contributed by atoms with E-state index >= 15 is 0 Å². The second kappa shape index (κ2) is 2.02. The molecule has 0 aliphatic rings. The van der Waals surface area contributed by atoms with Gasteiger partial charge in [0, 0.05) is 0 Å². The first kappa shape index (κ1) is 4.75. The van der Waals surface area contributed by atoms with Crippen LogP contribution in [0.15, 0.2) is 0 Å². The van der Waals surface area contributed by atoms with Crippen LogP contribution in [0.4, 0.5) is 0 Å². The summed E-state index contributed by atoms with van der Waals surface area (Å²) in [6.07, 6.45) is 0. The molecule has 0 bridgehead atoms. The summed E-state index contributed by atoms with van der Waals surface area (Å²) in [6, 6.07) is 0. The first-order valence-corrected chi connectivity index (χ1v) is 4.54. The Morgan fingerprint density at radius 1 is 1.25 bits per heavy atom. The Morgan fingerprint density at radius 3 is 1.25 bits per heavy atom. The Morgan fingerprint density at radius 2 is 1.25 bits per heavy atom. The van der Waals surface area contributed by atoms with Crippen LogP contribution < -0.4 is 0 Å². The quantitative estimate of drug-likeness (QED) is 0.533. The van der Waals surface area contributed by atoms with Gasteiger partial charge in [-0.05, 0) is 0 Å². The van der Waals surface area contributed by atoms with Gasteiger partial charge in [-0.1, -0.05) is 0 Å². The Balaban J connectivity index is 0. The first-order valence-electron chi connectivity index (χ1n) is 0.612. The van der Waals surface area contributed by atoms with E-state index in [1.54, 1.807) is 0 Å². The zero-order chi connectivity index (χ0) is 3.58. The summed E-state index contributed by atoms with van der Waals surface area (Å²) < 4.78 is 25.9. The molecule has 3 nitrogen and oxygen atoms in total. The van der Waals surface area contributed by atoms with Crippen molar-refractivity contribution in [3.8, 4) is 0 Å². The molecule has 4 heavy (non-hydrogen) atoms. The number of rotatable bonds is 0. The van der Waals surface area contributed by atoms with Crippen LogP contribution in [0.25, 0.3) is 0 Å². The zero-order valence-corrected chi connectivity index (χ0v) is 4.93. The standard InChI is InChI=1S/Nd.3O/p+1. The molecule has 0 saturated heterocycles. The van der Waals surface area contributed by atoms with E-state index in [1.807, 2.05) is 0 Å². The fraction of sp³-hybridized carbons (Fsp3) is 0. The molecule has 0 saturated carbocycles. The van der Waals surface area contributed by atoms with Crippen molar-refractivity contribution in [3.05, 3.63) is 0 Å². The molecule has 0 unspecified atom stereocenters. The fourth-order valence-electron chi connectivity index (χ4n) is 0. The van der Waals surface area contributed by atoms with Gasteiger partial charge in [0.15, 0.2) is 0 Å². The molecular formula is HNdO3+. The maximum absolute atomic E-state index is 8.63. The topological polar surface area (TPSA) is 51.2 Å². The maximum atomic E-state index is 8.63. The van der Waals surface area contributed by atoms with Gasteiger partial charge in [-0.25, -0.2) is 0 Å². The molecule has 4 heteroatoms. The molecule has 22 valence electrons. The van der Waals surface area contributed by atoms with Gasteiger partial charge in [-0.2, -0.15) is 0 Å². The molecule has 0 heterocycles. The predicted molar refractivity (Wildman–Crippen MR) is 3.17 cm³/mol. The monoisotopic (exact) mass is 191 g/mol. The third-order valence-electron chi connectivity index (χ3n) is 0. The average Bonchev–Trinajstić information content (AvgIpc) is 0.811. The van der Waals surface area contributed by atoms with E-state index in [0.29, 0.717) is 0 Å². The van der Waals surface area contributed by atoms with Gasteiger partial charge in [-0.3, -0.25) is 0 Å². The molecule has 0 aliphatic carbocycles. The number of hydrogen-bond acceptors (Lipinski definition) is 3. The molecule has 0 aromatic heterocycles. The van der Waals surface area contributed by atoms with E-state index in [4.69, 9.17) is 3.15 Å². The van der Waals surface area contributed by atoms with Crippen LogP contribution in [0.5, 0.6) is 0 Å². The van der Waals surface area contributed by atoms with Gasteiger partial charge in [0.2, 0.25) is 0 Å². The van der Waals surface area contributed by atoms with Crippen molar-refractivity contribution in [2.45, 2.75) is 0 Å². The van der Waals surface area contributed by atoms with Crippen molar-refractivity contribution in [2.75, 3.05) is 0 Å². The molecular weight excluding hydrogens is 192 g/mol. The first-order chi connectivity index (χ1) is 1.73. The van der Waals surface area contributed by atoms with Crippen LogP contribution in [-0.2, 0) is 3.15 Å². The van der Waals surface area contributed by atoms with Gasteiger partial charge in [0.1, 0.15) is 0 Å². The molecule has 0 radical (unpaired) electrons. The molecule has 0 N–H and O–H groups in total. The Bertz CT molecular complexity index is 76.3. The van der Waals surface area contributed by atoms with Gasteiger partial charge in [0.25, 0.3) is 0 Å². The van der Waals surface area contributed by atoms with E-state index in [0.717, 1.165) is 0 Å². The third-order valence-corrected chi connectivity index (χ3v) is 0. The molecule has 0 rings (SSSR count). The SMILES string of the molecule is [H+].[O]=[Nd](=[O])=[O]. The molecule has 0 amide bonds. The van der Waals surface area contributed by atoms with E-state index in [2.05, 4.69) is 0 Å². The molecule has 0 fully saturated rings. The summed E-state index contributed by atoms with van der Waals surface area (Å²) in [5.74, 6) is 0. The number of hydrogen-bond donors (Lipinski definition) is 0. The van der Waals surface area contributed by atoms with Crippen LogP contribution in [-0.4, -0.2) is 0 Å². The van der Waals surface area contributed by atoms with Gasteiger partial charge < -0.3 is 0 Å². The molecule has 0 spiro atoms. The van der Waals surface area contributed by atoms with Crippen LogP contribution in [0, 0.1) is 35.0 Å². The molecule has 0 aliphatic heterocycles. The van der Waals surface area contributed by atoms with Crippen molar-refractivity contribution in [1.29, 1.82) is 0 Å². The second-order valence-corrected chi connectivity index (χ2v) is 1.85. The summed E-state index contributed by atoms with van der Waals surface area (Å²) in [5, 5.41) is 0. The van der Waals surface area contributed by atoms with Gasteiger partial charge in [-0.15, -0.1) is 0 Å². The summed E-state index contributed by atoms with van der Waals surface area (Å²) in [5.41, 5.74) is 0. The fourth-order valence-corrected chi connectivity index (χ4v) is 0. The second-order valence-electron chi connectivity index (χ2n) is 0.250. The van der Waals surface area contributed by atoms with Crippen molar-refractivity contribution in [2.24, 2.45) is 0 Å². The average molecular weight is 193 g/mol. The molecule has 0 aromatic rings. The zero-order valence-electron chi connectivity index (χ0n) is 2.72. The van der Waals surface area contributed by atoms with Crippen LogP contribution in [0.3, 0.4) is 0 Å². The summed E-state index contributed by atoms with van der Waals surface area (Å²) in [4.78, 5) is 0. The van der Waals surface area contributed by atoms with Gasteiger partial charge in [0.05, 0.1) is 0 Å². The van der Waals surface area contributed by atoms with Crippen molar-refractivity contribution in [3.63, 3.8) is 0 Å². The van der Waals surface area contributed by atoms with Crippen LogP contribution in [0.2, 0.25) is 0 Å². The van der Waals surface area contributed by atoms with Crippen molar-refractivity contribution >= 4 is 0 Å². The molecule has 0 aromatic carbocycles. The normalized spacial score (nSPS) is 3.75. The Kier molecular flexibility index (Phi) is 2.40. The van der Waals surface area contributed by atoms with Crippen LogP contribution >= 0.6 is 0 Å². The predicted octanol–water partition coefficient (Wildman–Crippen LogP) is -0.244. The van der Waals surface area contributed by atoms with Crippen LogP contribution in [0.1, 0.15) is 1.43 Å². The Labute approximate surface area is 39.2 Å². The van der Waals surface area contributed by atoms with E-state index < -0.39 is 35.0 Å². The minimum atomic E-state index is -4.41. The Hall–Kier alpha value is 0.751. The summed E-state index contributed by atoms with van der Waals surface area (Å²) in [7, 11) is 0. The third kappa shape index (κ3) is 15.0. The molecule has 0 atom stereocenters.